The van der Waals surface area contributed by atoms with Crippen molar-refractivity contribution in [3.8, 4) is 0 Å². The molecule has 2 N–H and O–H groups in total. The Morgan fingerprint density at radius 2 is 1.87 bits per heavy atom. The highest BCUT2D eigenvalue weighted by atomic mass is 16.1. The van der Waals surface area contributed by atoms with E-state index in [0.717, 1.165) is 12.3 Å². The molecule has 15 heavy (non-hydrogen) atoms. The second-order valence-electron chi connectivity index (χ2n) is 4.56. The second-order valence-corrected chi connectivity index (χ2v) is 4.56. The van der Waals surface area contributed by atoms with Crippen molar-refractivity contribution in [3.63, 3.8) is 0 Å². The first kappa shape index (κ1) is 14.4. The number of rotatable bonds is 8. The molecular formula is C12H26N2O. The van der Waals surface area contributed by atoms with E-state index in [1.54, 1.807) is 0 Å². The molecule has 0 rings (SSSR count). The minimum Gasteiger partial charge on any atom is -0.355 e. The molecule has 3 heteroatoms. The van der Waals surface area contributed by atoms with Gasteiger partial charge in [-0.25, -0.2) is 0 Å². The minimum absolute atomic E-state index is 0.0909. The molecule has 0 aromatic rings. The predicted octanol–water partition coefficient (Wildman–Crippen LogP) is 1.93. The van der Waals surface area contributed by atoms with Gasteiger partial charge in [-0.15, -0.1) is 0 Å². The van der Waals surface area contributed by atoms with Gasteiger partial charge in [-0.3, -0.25) is 4.79 Å². The van der Waals surface area contributed by atoms with Crippen molar-refractivity contribution in [2.45, 2.75) is 53.0 Å². The van der Waals surface area contributed by atoms with Crippen LogP contribution in [-0.2, 0) is 4.79 Å². The fourth-order valence-corrected chi connectivity index (χ4v) is 1.46. The lowest BCUT2D eigenvalue weighted by Crippen LogP contribution is -2.37. The van der Waals surface area contributed by atoms with Crippen LogP contribution < -0.4 is 10.6 Å². The fraction of sp³-hybridized carbons (Fsp3) is 0.917. The Morgan fingerprint density at radius 3 is 2.40 bits per heavy atom. The molecule has 1 amide bonds. The van der Waals surface area contributed by atoms with E-state index in [9.17, 15) is 4.79 Å². The highest BCUT2D eigenvalue weighted by Gasteiger charge is 2.04. The third-order valence-corrected chi connectivity index (χ3v) is 2.40. The van der Waals surface area contributed by atoms with Crippen LogP contribution in [0.2, 0.25) is 0 Å². The van der Waals surface area contributed by atoms with Gasteiger partial charge in [-0.05, 0) is 26.2 Å². The average Bonchev–Trinajstić information content (AvgIpc) is 2.14. The lowest BCUT2D eigenvalue weighted by atomic mass is 10.0. The summed E-state index contributed by atoms with van der Waals surface area (Å²) in [6, 6.07) is 0.436. The van der Waals surface area contributed by atoms with Gasteiger partial charge in [0.1, 0.15) is 0 Å². The normalized spacial score (nSPS) is 12.9. The summed E-state index contributed by atoms with van der Waals surface area (Å²) in [5.74, 6) is 0.869. The first-order valence-electron chi connectivity index (χ1n) is 6.06. The van der Waals surface area contributed by atoms with Gasteiger partial charge in [-0.2, -0.15) is 0 Å². The van der Waals surface area contributed by atoms with E-state index in [2.05, 4.69) is 31.4 Å². The summed E-state index contributed by atoms with van der Waals surface area (Å²) in [5.41, 5.74) is 0. The van der Waals surface area contributed by atoms with Gasteiger partial charge in [0.2, 0.25) is 5.91 Å². The van der Waals surface area contributed by atoms with Gasteiger partial charge in [-0.1, -0.05) is 26.7 Å². The summed E-state index contributed by atoms with van der Waals surface area (Å²) in [4.78, 5) is 11.2. The number of carbonyl (C=O) groups is 1. The number of amides is 1. The molecule has 3 nitrogen and oxygen atoms in total. The number of nitrogens with one attached hydrogen (secondary N) is 2. The zero-order valence-corrected chi connectivity index (χ0v) is 10.6. The van der Waals surface area contributed by atoms with E-state index < -0.39 is 0 Å². The van der Waals surface area contributed by atoms with E-state index in [1.165, 1.54) is 12.8 Å². The lowest BCUT2D eigenvalue weighted by Gasteiger charge is -2.13. The van der Waals surface area contributed by atoms with Crippen LogP contribution in [0, 0.1) is 5.92 Å². The SMILES string of the molecule is CCNC(=O)CNC(C)CCCC(C)C. The highest BCUT2D eigenvalue weighted by molar-refractivity contribution is 5.77. The smallest absolute Gasteiger partial charge is 0.233 e. The van der Waals surface area contributed by atoms with Crippen LogP contribution in [0.3, 0.4) is 0 Å². The molecule has 0 fully saturated rings. The second kappa shape index (κ2) is 8.72. The lowest BCUT2D eigenvalue weighted by molar-refractivity contribution is -0.120. The Morgan fingerprint density at radius 1 is 1.20 bits per heavy atom. The van der Waals surface area contributed by atoms with Gasteiger partial charge < -0.3 is 10.6 Å². The molecule has 0 aliphatic rings. The average molecular weight is 214 g/mol. The van der Waals surface area contributed by atoms with Crippen molar-refractivity contribution in [2.24, 2.45) is 5.92 Å². The highest BCUT2D eigenvalue weighted by Crippen LogP contribution is 2.07. The van der Waals surface area contributed by atoms with Gasteiger partial charge in [0.25, 0.3) is 0 Å². The number of carbonyl (C=O) groups excluding carboxylic acids is 1. The Labute approximate surface area is 94.0 Å². The molecule has 0 saturated heterocycles. The van der Waals surface area contributed by atoms with Crippen molar-refractivity contribution in [3.05, 3.63) is 0 Å². The van der Waals surface area contributed by atoms with Crippen molar-refractivity contribution in [1.82, 2.24) is 10.6 Å². The third-order valence-electron chi connectivity index (χ3n) is 2.40. The maximum Gasteiger partial charge on any atom is 0.233 e. The van der Waals surface area contributed by atoms with Crippen LogP contribution in [0.1, 0.15) is 47.0 Å². The molecule has 0 heterocycles. The van der Waals surface area contributed by atoms with Crippen molar-refractivity contribution in [1.29, 1.82) is 0 Å². The Hall–Kier alpha value is -0.570. The van der Waals surface area contributed by atoms with Gasteiger partial charge in [0.15, 0.2) is 0 Å². The third kappa shape index (κ3) is 9.73. The Kier molecular flexibility index (Phi) is 8.38. The van der Waals surface area contributed by atoms with Gasteiger partial charge >= 0.3 is 0 Å². The summed E-state index contributed by atoms with van der Waals surface area (Å²) in [6.07, 6.45) is 3.66. The summed E-state index contributed by atoms with van der Waals surface area (Å²) in [6.45, 7) is 9.71. The summed E-state index contributed by atoms with van der Waals surface area (Å²) >= 11 is 0. The standard InChI is InChI=1S/C12H26N2O/c1-5-13-12(15)9-14-11(4)8-6-7-10(2)3/h10-11,14H,5-9H2,1-4H3,(H,13,15). The van der Waals surface area contributed by atoms with Crippen LogP contribution in [0.25, 0.3) is 0 Å². The molecular weight excluding hydrogens is 188 g/mol. The molecule has 0 spiro atoms. The van der Waals surface area contributed by atoms with Gasteiger partial charge in [0, 0.05) is 12.6 Å². The summed E-state index contributed by atoms with van der Waals surface area (Å²) < 4.78 is 0. The van der Waals surface area contributed by atoms with Crippen LogP contribution in [0.5, 0.6) is 0 Å². The first-order valence-corrected chi connectivity index (χ1v) is 6.06. The fourth-order valence-electron chi connectivity index (χ4n) is 1.46. The molecule has 0 radical (unpaired) electrons. The molecule has 90 valence electrons. The van der Waals surface area contributed by atoms with Crippen molar-refractivity contribution >= 4 is 5.91 Å². The minimum atomic E-state index is 0.0909. The summed E-state index contributed by atoms with van der Waals surface area (Å²) in [5, 5.41) is 6.00. The van der Waals surface area contributed by atoms with E-state index in [4.69, 9.17) is 0 Å². The largest absolute Gasteiger partial charge is 0.355 e. The maximum atomic E-state index is 11.2. The molecule has 0 aliphatic carbocycles. The van der Waals surface area contributed by atoms with E-state index >= 15 is 0 Å². The summed E-state index contributed by atoms with van der Waals surface area (Å²) in [7, 11) is 0. The molecule has 0 aliphatic heterocycles. The molecule has 1 atom stereocenters. The molecule has 0 aromatic heterocycles. The van der Waals surface area contributed by atoms with Crippen LogP contribution in [-0.4, -0.2) is 25.0 Å². The molecule has 0 aromatic carbocycles. The van der Waals surface area contributed by atoms with E-state index in [-0.39, 0.29) is 5.91 Å². The first-order chi connectivity index (χ1) is 7.06. The topological polar surface area (TPSA) is 41.1 Å². The monoisotopic (exact) mass is 214 g/mol. The van der Waals surface area contributed by atoms with Crippen molar-refractivity contribution in [2.75, 3.05) is 13.1 Å². The van der Waals surface area contributed by atoms with E-state index in [0.29, 0.717) is 19.1 Å². The quantitative estimate of drug-likeness (QED) is 0.648. The Balaban J connectivity index is 3.40. The maximum absolute atomic E-state index is 11.2. The number of hydrogen-bond donors (Lipinski definition) is 2. The number of hydrogen-bond acceptors (Lipinski definition) is 2. The van der Waals surface area contributed by atoms with Crippen LogP contribution in [0.4, 0.5) is 0 Å². The van der Waals surface area contributed by atoms with E-state index in [1.807, 2.05) is 6.92 Å². The zero-order chi connectivity index (χ0) is 11.7. The molecule has 1 unspecified atom stereocenters. The van der Waals surface area contributed by atoms with Crippen LogP contribution >= 0.6 is 0 Å². The van der Waals surface area contributed by atoms with Crippen molar-refractivity contribution < 1.29 is 4.79 Å². The van der Waals surface area contributed by atoms with Crippen LogP contribution in [0.15, 0.2) is 0 Å². The predicted molar refractivity (Wildman–Crippen MR) is 64.8 cm³/mol. The Bertz CT molecular complexity index is 169. The molecule has 0 bridgehead atoms. The zero-order valence-electron chi connectivity index (χ0n) is 10.6. The van der Waals surface area contributed by atoms with Gasteiger partial charge in [0.05, 0.1) is 6.54 Å². The number of likely N-dealkylation sites (N-methyl/N-ethyl adjacent to an activating group) is 1. The molecule has 0 saturated carbocycles.